The van der Waals surface area contributed by atoms with Gasteiger partial charge in [0.25, 0.3) is 0 Å². The van der Waals surface area contributed by atoms with Gasteiger partial charge in [-0.2, -0.15) is 0 Å². The molecule has 1 rings (SSSR count). The predicted molar refractivity (Wildman–Crippen MR) is 50.2 cm³/mol. The van der Waals surface area contributed by atoms with Crippen LogP contribution >= 0.6 is 34.8 Å². The molecule has 1 aromatic carbocycles. The van der Waals surface area contributed by atoms with E-state index in [2.05, 4.69) is 0 Å². The lowest BCUT2D eigenvalue weighted by atomic mass is 9.80. The Bertz CT molecular complexity index is 313. The van der Waals surface area contributed by atoms with E-state index in [4.69, 9.17) is 34.8 Å². The van der Waals surface area contributed by atoms with Crippen LogP contribution in [0.25, 0.3) is 0 Å². The maximum Gasteiger partial charge on any atom is 0.509 e. The van der Waals surface area contributed by atoms with Crippen LogP contribution in [0.4, 0.5) is 12.9 Å². The molecule has 0 aliphatic carbocycles. The molecule has 0 bridgehead atoms. The van der Waals surface area contributed by atoms with Gasteiger partial charge in [-0.05, 0) is 0 Å². The maximum atomic E-state index is 12.2. The average Bonchev–Trinajstić information content (AvgIpc) is 1.97. The largest absolute Gasteiger partial charge is 0.509 e. The summed E-state index contributed by atoms with van der Waals surface area (Å²) in [5.41, 5.74) is -0.848. The van der Waals surface area contributed by atoms with Gasteiger partial charge in [-0.15, -0.1) is 5.46 Å². The molecule has 0 nitrogen and oxygen atoms in total. The molecule has 0 unspecified atom stereocenters. The molecule has 0 aliphatic rings. The Morgan fingerprint density at radius 2 is 1.31 bits per heavy atom. The number of hydrogen-bond donors (Lipinski definition) is 0. The van der Waals surface area contributed by atoms with Crippen LogP contribution in [0, 0.1) is 0 Å². The third-order valence-corrected chi connectivity index (χ3v) is 2.58. The van der Waals surface area contributed by atoms with Gasteiger partial charge in [-0.3, -0.25) is 0 Å². The average molecular weight is 248 g/mol. The van der Waals surface area contributed by atoms with Gasteiger partial charge < -0.3 is 12.9 Å². The molecule has 0 spiro atoms. The molecule has 0 radical (unpaired) electrons. The first-order valence-electron chi connectivity index (χ1n) is 3.16. The third kappa shape index (κ3) is 2.45. The van der Waals surface area contributed by atoms with E-state index in [0.29, 0.717) is 0 Å². The Labute approximate surface area is 87.6 Å². The van der Waals surface area contributed by atoms with E-state index >= 15 is 0 Å². The molecular formula is C6H2BCl3F3-. The molecule has 0 saturated carbocycles. The number of rotatable bonds is 1. The minimum Gasteiger partial charge on any atom is -0.445 e. The van der Waals surface area contributed by atoms with Crippen molar-refractivity contribution in [3.63, 3.8) is 0 Å². The first-order valence-corrected chi connectivity index (χ1v) is 4.30. The first kappa shape index (κ1) is 11.0. The molecule has 72 valence electrons. The highest BCUT2D eigenvalue weighted by Crippen LogP contribution is 2.29. The summed E-state index contributed by atoms with van der Waals surface area (Å²) in [4.78, 5) is 0. The van der Waals surface area contributed by atoms with E-state index in [-0.39, 0.29) is 15.1 Å². The monoisotopic (exact) mass is 247 g/mol. The van der Waals surface area contributed by atoms with Crippen molar-refractivity contribution in [1.82, 2.24) is 0 Å². The van der Waals surface area contributed by atoms with Crippen molar-refractivity contribution >= 4 is 47.2 Å². The van der Waals surface area contributed by atoms with Crippen LogP contribution < -0.4 is 5.46 Å². The van der Waals surface area contributed by atoms with Crippen LogP contribution in [-0.4, -0.2) is 6.98 Å². The molecule has 0 fully saturated rings. The Morgan fingerprint density at radius 3 is 1.62 bits per heavy atom. The second-order valence-electron chi connectivity index (χ2n) is 2.37. The van der Waals surface area contributed by atoms with Crippen molar-refractivity contribution in [2.75, 3.05) is 0 Å². The molecule has 0 atom stereocenters. The minimum atomic E-state index is -5.08. The maximum absolute atomic E-state index is 12.2. The highest BCUT2D eigenvalue weighted by molar-refractivity contribution is 6.74. The summed E-state index contributed by atoms with van der Waals surface area (Å²) in [7, 11) is 0. The van der Waals surface area contributed by atoms with Gasteiger partial charge in [0.2, 0.25) is 0 Å². The summed E-state index contributed by atoms with van der Waals surface area (Å²) in [5, 5.41) is -0.445. The van der Waals surface area contributed by atoms with Gasteiger partial charge in [0.05, 0.1) is 15.1 Å². The van der Waals surface area contributed by atoms with E-state index in [1.54, 1.807) is 0 Å². The van der Waals surface area contributed by atoms with Crippen LogP contribution in [0.15, 0.2) is 12.1 Å². The molecule has 0 amide bonds. The molecule has 13 heavy (non-hydrogen) atoms. The number of benzene rings is 1. The minimum absolute atomic E-state index is 0.0628. The quantitative estimate of drug-likeness (QED) is 0.525. The Balaban J connectivity index is 3.29. The van der Waals surface area contributed by atoms with E-state index < -0.39 is 12.4 Å². The third-order valence-electron chi connectivity index (χ3n) is 1.38. The fourth-order valence-electron chi connectivity index (χ4n) is 0.764. The molecule has 0 aliphatic heterocycles. The van der Waals surface area contributed by atoms with Gasteiger partial charge in [0.1, 0.15) is 0 Å². The van der Waals surface area contributed by atoms with Crippen LogP contribution in [0.5, 0.6) is 0 Å². The standard InChI is InChI=1S/C6H2BCl3F3/c8-4-1-3(7(11,12)13)2-5(9)6(4)10/h1-2H/q-1. The zero-order chi connectivity index (χ0) is 10.2. The van der Waals surface area contributed by atoms with E-state index in [1.807, 2.05) is 0 Å². The summed E-state index contributed by atoms with van der Waals surface area (Å²) < 4.78 is 36.5. The lowest BCUT2D eigenvalue weighted by molar-refractivity contribution is 0.501. The van der Waals surface area contributed by atoms with Gasteiger partial charge in [-0.25, -0.2) is 0 Å². The van der Waals surface area contributed by atoms with E-state index in [9.17, 15) is 12.9 Å². The fraction of sp³-hybridized carbons (Fsp3) is 0. The molecule has 1 aromatic rings. The van der Waals surface area contributed by atoms with Crippen molar-refractivity contribution in [2.45, 2.75) is 0 Å². The van der Waals surface area contributed by atoms with Crippen LogP contribution in [0.2, 0.25) is 15.1 Å². The zero-order valence-corrected chi connectivity index (χ0v) is 8.27. The van der Waals surface area contributed by atoms with Crippen molar-refractivity contribution in [2.24, 2.45) is 0 Å². The van der Waals surface area contributed by atoms with Gasteiger partial charge in [-0.1, -0.05) is 46.9 Å². The Kier molecular flexibility index (Phi) is 3.05. The zero-order valence-electron chi connectivity index (χ0n) is 6.00. The lowest BCUT2D eigenvalue weighted by Gasteiger charge is -2.15. The van der Waals surface area contributed by atoms with Crippen molar-refractivity contribution in [3.05, 3.63) is 27.2 Å². The van der Waals surface area contributed by atoms with Crippen LogP contribution in [-0.2, 0) is 0 Å². The molecule has 0 saturated heterocycles. The molecule has 0 aromatic heterocycles. The molecule has 0 heterocycles. The topological polar surface area (TPSA) is 0 Å². The second kappa shape index (κ2) is 3.60. The molecule has 7 heteroatoms. The van der Waals surface area contributed by atoms with E-state index in [1.165, 1.54) is 0 Å². The van der Waals surface area contributed by atoms with Gasteiger partial charge in [0, 0.05) is 0 Å². The molecule has 0 N–H and O–H groups in total. The predicted octanol–water partition coefficient (Wildman–Crippen LogP) is 3.70. The fourth-order valence-corrected chi connectivity index (χ4v) is 1.38. The Hall–Kier alpha value is -0.0551. The van der Waals surface area contributed by atoms with Crippen molar-refractivity contribution in [1.29, 1.82) is 0 Å². The van der Waals surface area contributed by atoms with Crippen LogP contribution in [0.1, 0.15) is 0 Å². The summed E-state index contributed by atoms with van der Waals surface area (Å²) in [6.45, 7) is -5.08. The molecular weight excluding hydrogens is 246 g/mol. The number of hydrogen-bond acceptors (Lipinski definition) is 0. The van der Waals surface area contributed by atoms with Gasteiger partial charge >= 0.3 is 6.98 Å². The van der Waals surface area contributed by atoms with Crippen molar-refractivity contribution < 1.29 is 12.9 Å². The lowest BCUT2D eigenvalue weighted by Crippen LogP contribution is -2.33. The normalized spacial score (nSPS) is 11.8. The SMILES string of the molecule is F[B-](F)(F)c1cc(Cl)c(Cl)c(Cl)c1. The first-order chi connectivity index (χ1) is 5.82. The van der Waals surface area contributed by atoms with E-state index in [0.717, 1.165) is 12.1 Å². The Morgan fingerprint density at radius 1 is 0.923 bits per heavy atom. The smallest absolute Gasteiger partial charge is 0.445 e. The number of halogens is 6. The highest BCUT2D eigenvalue weighted by atomic mass is 35.5. The summed E-state index contributed by atoms with van der Waals surface area (Å²) in [6.07, 6.45) is 0. The summed E-state index contributed by atoms with van der Waals surface area (Å²) in [6, 6.07) is 1.52. The van der Waals surface area contributed by atoms with Crippen molar-refractivity contribution in [3.8, 4) is 0 Å². The summed E-state index contributed by atoms with van der Waals surface area (Å²) in [5.74, 6) is 0. The summed E-state index contributed by atoms with van der Waals surface area (Å²) >= 11 is 16.3. The second-order valence-corrected chi connectivity index (χ2v) is 3.57. The highest BCUT2D eigenvalue weighted by Gasteiger charge is 2.26. The van der Waals surface area contributed by atoms with Crippen LogP contribution in [0.3, 0.4) is 0 Å². The van der Waals surface area contributed by atoms with Gasteiger partial charge in [0.15, 0.2) is 0 Å².